The van der Waals surface area contributed by atoms with Crippen LogP contribution in [0.15, 0.2) is 48.5 Å². The highest BCUT2D eigenvalue weighted by Gasteiger charge is 2.16. The second-order valence-electron chi connectivity index (χ2n) is 4.69. The number of hydrogen-bond donors (Lipinski definition) is 1. The van der Waals surface area contributed by atoms with Crippen LogP contribution in [0.3, 0.4) is 0 Å². The van der Waals surface area contributed by atoms with Gasteiger partial charge in [-0.25, -0.2) is 0 Å². The summed E-state index contributed by atoms with van der Waals surface area (Å²) >= 11 is 6.04. The molecule has 0 heterocycles. The fourth-order valence-corrected chi connectivity index (χ4v) is 2.52. The van der Waals surface area contributed by atoms with Gasteiger partial charge < -0.3 is 10.1 Å². The molecule has 2 rings (SSSR count). The predicted molar refractivity (Wildman–Crippen MR) is 84.6 cm³/mol. The Hall–Kier alpha value is -1.51. The van der Waals surface area contributed by atoms with Crippen LogP contribution >= 0.6 is 11.6 Å². The van der Waals surface area contributed by atoms with E-state index in [9.17, 15) is 0 Å². The highest BCUT2D eigenvalue weighted by Crippen LogP contribution is 2.30. The summed E-state index contributed by atoms with van der Waals surface area (Å²) in [7, 11) is 1.68. The van der Waals surface area contributed by atoms with Gasteiger partial charge in [0.05, 0.1) is 7.11 Å². The molecule has 20 heavy (non-hydrogen) atoms. The molecule has 3 heteroatoms. The molecule has 0 saturated heterocycles. The third-order valence-corrected chi connectivity index (χ3v) is 3.54. The van der Waals surface area contributed by atoms with Crippen LogP contribution < -0.4 is 10.1 Å². The fraction of sp³-hybridized carbons (Fsp3) is 0.294. The maximum atomic E-state index is 6.04. The highest BCUT2D eigenvalue weighted by molar-refractivity contribution is 6.30. The number of nitrogens with one attached hydrogen (secondary N) is 1. The van der Waals surface area contributed by atoms with Crippen LogP contribution in [-0.2, 0) is 6.42 Å². The van der Waals surface area contributed by atoms with Crippen molar-refractivity contribution in [2.45, 2.75) is 19.4 Å². The van der Waals surface area contributed by atoms with Gasteiger partial charge in [0.25, 0.3) is 0 Å². The Morgan fingerprint density at radius 3 is 2.55 bits per heavy atom. The molecule has 0 radical (unpaired) electrons. The zero-order valence-corrected chi connectivity index (χ0v) is 12.7. The Labute approximate surface area is 125 Å². The molecule has 2 nitrogen and oxygen atoms in total. The molecule has 1 N–H and O–H groups in total. The summed E-state index contributed by atoms with van der Waals surface area (Å²) in [6.07, 6.45) is 0.923. The van der Waals surface area contributed by atoms with Crippen molar-refractivity contribution >= 4 is 11.6 Å². The number of methoxy groups -OCH3 is 1. The summed E-state index contributed by atoms with van der Waals surface area (Å²) in [5.74, 6) is 0.833. The molecule has 0 bridgehead atoms. The van der Waals surface area contributed by atoms with E-state index in [-0.39, 0.29) is 6.04 Å². The average Bonchev–Trinajstić information content (AvgIpc) is 2.48. The number of hydrogen-bond acceptors (Lipinski definition) is 2. The summed E-state index contributed by atoms with van der Waals surface area (Å²) in [6.45, 7) is 3.02. The molecule has 2 aromatic rings. The van der Waals surface area contributed by atoms with E-state index in [0.29, 0.717) is 5.02 Å². The fourth-order valence-electron chi connectivity index (χ4n) is 2.36. The third-order valence-electron chi connectivity index (χ3n) is 3.30. The van der Waals surface area contributed by atoms with Crippen LogP contribution in [-0.4, -0.2) is 13.7 Å². The molecule has 0 spiro atoms. The zero-order chi connectivity index (χ0) is 14.4. The lowest BCUT2D eigenvalue weighted by atomic mass is 9.98. The molecule has 0 aliphatic carbocycles. The summed E-state index contributed by atoms with van der Waals surface area (Å²) in [5.41, 5.74) is 2.44. The van der Waals surface area contributed by atoms with E-state index in [1.165, 1.54) is 5.56 Å². The molecule has 1 unspecified atom stereocenters. The first-order valence-electron chi connectivity index (χ1n) is 6.85. The minimum Gasteiger partial charge on any atom is -0.496 e. The van der Waals surface area contributed by atoms with Gasteiger partial charge in [0.2, 0.25) is 0 Å². The van der Waals surface area contributed by atoms with Gasteiger partial charge in [0.15, 0.2) is 0 Å². The van der Waals surface area contributed by atoms with Crippen molar-refractivity contribution in [2.24, 2.45) is 0 Å². The highest BCUT2D eigenvalue weighted by atomic mass is 35.5. The van der Waals surface area contributed by atoms with Crippen molar-refractivity contribution in [1.29, 1.82) is 0 Å². The van der Waals surface area contributed by atoms with Gasteiger partial charge in [-0.2, -0.15) is 0 Å². The van der Waals surface area contributed by atoms with Crippen molar-refractivity contribution < 1.29 is 4.74 Å². The van der Waals surface area contributed by atoms with Gasteiger partial charge in [-0.15, -0.1) is 0 Å². The maximum absolute atomic E-state index is 6.04. The van der Waals surface area contributed by atoms with Crippen molar-refractivity contribution in [2.75, 3.05) is 13.7 Å². The van der Waals surface area contributed by atoms with Crippen LogP contribution in [0.25, 0.3) is 0 Å². The summed E-state index contributed by atoms with van der Waals surface area (Å²) < 4.78 is 5.47. The number of benzene rings is 2. The summed E-state index contributed by atoms with van der Waals surface area (Å²) in [5, 5.41) is 4.21. The molecule has 0 aliphatic rings. The lowest BCUT2D eigenvalue weighted by Crippen LogP contribution is -2.23. The summed E-state index contributed by atoms with van der Waals surface area (Å²) in [4.78, 5) is 0. The Balaban J connectivity index is 2.28. The first-order chi connectivity index (χ1) is 9.74. The molecule has 1 atom stereocenters. The van der Waals surface area contributed by atoms with Crippen LogP contribution in [0.2, 0.25) is 5.02 Å². The second kappa shape index (κ2) is 7.32. The van der Waals surface area contributed by atoms with E-state index in [1.807, 2.05) is 24.3 Å². The summed E-state index contributed by atoms with van der Waals surface area (Å²) in [6, 6.07) is 16.5. The topological polar surface area (TPSA) is 21.3 Å². The Kier molecular flexibility index (Phi) is 5.45. The lowest BCUT2D eigenvalue weighted by Gasteiger charge is -2.21. The van der Waals surface area contributed by atoms with Crippen molar-refractivity contribution in [3.63, 3.8) is 0 Å². The maximum Gasteiger partial charge on any atom is 0.125 e. The van der Waals surface area contributed by atoms with Gasteiger partial charge >= 0.3 is 0 Å². The van der Waals surface area contributed by atoms with Crippen molar-refractivity contribution in [3.8, 4) is 5.75 Å². The zero-order valence-electron chi connectivity index (χ0n) is 11.9. The van der Waals surface area contributed by atoms with E-state index in [2.05, 4.69) is 36.5 Å². The van der Waals surface area contributed by atoms with E-state index < -0.39 is 0 Å². The lowest BCUT2D eigenvalue weighted by molar-refractivity contribution is 0.399. The van der Waals surface area contributed by atoms with Crippen LogP contribution in [0.5, 0.6) is 5.75 Å². The smallest absolute Gasteiger partial charge is 0.125 e. The monoisotopic (exact) mass is 289 g/mol. The third kappa shape index (κ3) is 3.75. The van der Waals surface area contributed by atoms with Gasteiger partial charge in [-0.1, -0.05) is 54.9 Å². The minimum atomic E-state index is 0.217. The molecule has 2 aromatic carbocycles. The first kappa shape index (κ1) is 14.9. The van der Waals surface area contributed by atoms with E-state index >= 15 is 0 Å². The van der Waals surface area contributed by atoms with E-state index in [1.54, 1.807) is 7.11 Å². The molecule has 0 aliphatic heterocycles. The van der Waals surface area contributed by atoms with Gasteiger partial charge in [0.1, 0.15) is 5.75 Å². The second-order valence-corrected chi connectivity index (χ2v) is 5.12. The Bertz CT molecular complexity index is 542. The Morgan fingerprint density at radius 2 is 1.90 bits per heavy atom. The van der Waals surface area contributed by atoms with E-state index in [4.69, 9.17) is 16.3 Å². The molecular weight excluding hydrogens is 270 g/mol. The molecule has 0 aromatic heterocycles. The van der Waals surface area contributed by atoms with Gasteiger partial charge in [0, 0.05) is 16.6 Å². The standard InChI is InChI=1S/C17H20ClNO/c1-3-19-16(11-13-7-5-4-6-8-13)15-10-9-14(18)12-17(15)20-2/h4-10,12,16,19H,3,11H2,1-2H3. The SMILES string of the molecule is CCNC(Cc1ccccc1)c1ccc(Cl)cc1OC. The van der Waals surface area contributed by atoms with Crippen LogP contribution in [0, 0.1) is 0 Å². The normalized spacial score (nSPS) is 12.2. The largest absolute Gasteiger partial charge is 0.496 e. The Morgan fingerprint density at radius 1 is 1.15 bits per heavy atom. The number of ether oxygens (including phenoxy) is 1. The van der Waals surface area contributed by atoms with Gasteiger partial charge in [-0.3, -0.25) is 0 Å². The predicted octanol–water partition coefficient (Wildman–Crippen LogP) is 4.24. The molecule has 106 valence electrons. The molecule has 0 saturated carbocycles. The molecule has 0 amide bonds. The first-order valence-corrected chi connectivity index (χ1v) is 7.23. The average molecular weight is 290 g/mol. The number of rotatable bonds is 6. The van der Waals surface area contributed by atoms with Gasteiger partial charge in [-0.05, 0) is 30.7 Å². The van der Waals surface area contributed by atoms with Crippen LogP contribution in [0.1, 0.15) is 24.1 Å². The molecular formula is C17H20ClNO. The number of halogens is 1. The minimum absolute atomic E-state index is 0.217. The number of likely N-dealkylation sites (N-methyl/N-ethyl adjacent to an activating group) is 1. The van der Waals surface area contributed by atoms with Crippen molar-refractivity contribution in [1.82, 2.24) is 5.32 Å². The van der Waals surface area contributed by atoms with Crippen LogP contribution in [0.4, 0.5) is 0 Å². The quantitative estimate of drug-likeness (QED) is 0.859. The molecule has 0 fully saturated rings. The van der Waals surface area contributed by atoms with E-state index in [0.717, 1.165) is 24.3 Å². The van der Waals surface area contributed by atoms with Crippen molar-refractivity contribution in [3.05, 3.63) is 64.7 Å².